The number of phenolic OH excluding ortho intramolecular Hbond substituents is 1. The number of aliphatic hydroxyl groups excluding tert-OH is 3. The highest BCUT2D eigenvalue weighted by atomic mass is 16.5. The maximum Gasteiger partial charge on any atom is 0.258 e. The van der Waals surface area contributed by atoms with Gasteiger partial charge in [0.25, 0.3) is 11.8 Å². The van der Waals surface area contributed by atoms with E-state index in [9.17, 15) is 30.0 Å². The van der Waals surface area contributed by atoms with Crippen molar-refractivity contribution in [2.45, 2.75) is 204 Å². The van der Waals surface area contributed by atoms with Crippen molar-refractivity contribution in [2.75, 3.05) is 65.5 Å². The maximum absolute atomic E-state index is 14.5. The van der Waals surface area contributed by atoms with E-state index in [0.717, 1.165) is 141 Å². The number of imide groups is 1. The van der Waals surface area contributed by atoms with E-state index in [-0.39, 0.29) is 66.8 Å². The van der Waals surface area contributed by atoms with E-state index in [2.05, 4.69) is 85.4 Å². The summed E-state index contributed by atoms with van der Waals surface area (Å²) in [4.78, 5) is 30.3. The van der Waals surface area contributed by atoms with Crippen LogP contribution in [0.5, 0.6) is 34.5 Å². The van der Waals surface area contributed by atoms with Gasteiger partial charge in [0, 0.05) is 100 Å². The van der Waals surface area contributed by atoms with Crippen molar-refractivity contribution >= 4 is 23.6 Å². The number of phenols is 1. The van der Waals surface area contributed by atoms with Gasteiger partial charge in [-0.25, -0.2) is 0 Å². The lowest BCUT2D eigenvalue weighted by atomic mass is 9.47. The summed E-state index contributed by atoms with van der Waals surface area (Å²) in [5.74, 6) is 1.68. The molecule has 9 aliphatic rings. The summed E-state index contributed by atoms with van der Waals surface area (Å²) < 4.78 is 34.1. The first-order valence-electron chi connectivity index (χ1n) is 35.8. The molecular formula is C77H103N5O11. The van der Waals surface area contributed by atoms with Gasteiger partial charge in [-0.15, -0.1) is 0 Å². The summed E-state index contributed by atoms with van der Waals surface area (Å²) in [7, 11) is 3.30. The predicted octanol–water partition coefficient (Wildman–Crippen LogP) is 12.6. The Morgan fingerprint density at radius 3 is 2.44 bits per heavy atom. The minimum Gasteiger partial charge on any atom is -0.502 e. The average molecular weight is 1270 g/mol. The number of likely N-dealkylation sites (N-methyl/N-ethyl adjacent to an activating group) is 1. The molecule has 4 fully saturated rings. The Labute approximate surface area is 551 Å². The minimum atomic E-state index is -1.10. The monoisotopic (exact) mass is 1270 g/mol. The van der Waals surface area contributed by atoms with Gasteiger partial charge in [-0.05, 0) is 156 Å². The number of aliphatic hydroxyl groups is 3. The second kappa shape index (κ2) is 27.5. The van der Waals surface area contributed by atoms with Crippen LogP contribution in [-0.4, -0.2) is 115 Å². The summed E-state index contributed by atoms with van der Waals surface area (Å²) >= 11 is 0. The molecule has 2 amide bonds. The highest BCUT2D eigenvalue weighted by Crippen LogP contribution is 2.62. The zero-order valence-electron chi connectivity index (χ0n) is 56.0. The number of nitrogens with one attached hydrogen (secondary N) is 4. The summed E-state index contributed by atoms with van der Waals surface area (Å²) in [6.45, 7) is 11.4. The van der Waals surface area contributed by atoms with Crippen molar-refractivity contribution in [3.8, 4) is 45.6 Å². The number of carbonyl (C=O) groups is 2. The van der Waals surface area contributed by atoms with E-state index in [1.54, 1.807) is 24.1 Å². The summed E-state index contributed by atoms with van der Waals surface area (Å²) in [5.41, 5.74) is 7.16. The van der Waals surface area contributed by atoms with Gasteiger partial charge in [-0.1, -0.05) is 109 Å². The van der Waals surface area contributed by atoms with Crippen LogP contribution in [0.25, 0.3) is 17.2 Å². The molecule has 0 bridgehead atoms. The molecule has 0 radical (unpaired) electrons. The van der Waals surface area contributed by atoms with Crippen LogP contribution in [0, 0.1) is 35.5 Å². The largest absolute Gasteiger partial charge is 0.502 e. The van der Waals surface area contributed by atoms with E-state index in [0.29, 0.717) is 84.1 Å². The average Bonchev–Trinajstić information content (AvgIpc) is 1.19. The third-order valence-electron chi connectivity index (χ3n) is 23.6. The number of piperidine rings is 1. The number of methoxy groups -OCH3 is 1. The second-order valence-electron chi connectivity index (χ2n) is 29.4. The number of aromatic hydroxyl groups is 1. The van der Waals surface area contributed by atoms with Gasteiger partial charge < -0.3 is 60.1 Å². The fourth-order valence-electron chi connectivity index (χ4n) is 19.3. The quantitative estimate of drug-likeness (QED) is 0.0229. The predicted molar refractivity (Wildman–Crippen MR) is 362 cm³/mol. The number of benzene rings is 4. The molecule has 13 rings (SSSR count). The number of hydrogen-bond donors (Lipinski definition) is 8. The molecule has 4 heterocycles. The van der Waals surface area contributed by atoms with Crippen molar-refractivity contribution < 1.29 is 53.7 Å². The lowest BCUT2D eigenvalue weighted by molar-refractivity contribution is -0.153. The van der Waals surface area contributed by atoms with Gasteiger partial charge in [-0.2, -0.15) is 0 Å². The molecule has 4 aliphatic heterocycles. The van der Waals surface area contributed by atoms with Gasteiger partial charge >= 0.3 is 0 Å². The zero-order valence-corrected chi connectivity index (χ0v) is 56.0. The standard InChI is InChI=1S/C77H103N5O11/c1-7-8-9-15-34-79-35-36-90-61-41-63(93-77-33-16-19-49(24-22-46(2)3)57(77)28-23-47(4)81-77)70-69-53(61)26-27-54-67(69)60(80-73(70)87)40-62-68(54)71(85)55(45-92-62)50-37-64(89-6)72(86)65(38-50)91-44-52(43-83)76-32-17-21-58(59(76)29-25-48-18-11-12-20-56(48)76)75(30-13-10-14-31-75)82-66(84)39-51(42-78-5)74(82)88/h11-12,18,20,25,29,37-41,46-47,49,52,55,57-59,71,73,78-81,83,85-87H,7-10,13-17,19,21-24,26-28,30-36,42-45H2,1-6H3. The Bertz CT molecular complexity index is 3470. The van der Waals surface area contributed by atoms with Crippen LogP contribution in [-0.2, 0) is 27.8 Å². The fourth-order valence-corrected chi connectivity index (χ4v) is 19.3. The first kappa shape index (κ1) is 65.5. The SMILES string of the molecule is CCCCCCNCCOc1cc(OC23CCCC(CCC(C)C)C2CCC(C)N3)c2c3c1CCc1c-3c(cc3c1C(O)C(c1cc(OC)c(O)c(OCC(CO)C45CCCC(C6(N7C(=O)C=C(CNC)C7=O)CCCCC6)C4C=Cc4ccccc45)c1)CO3)NC2O. The molecule has 16 heteroatoms. The number of hydrogen-bond acceptors (Lipinski definition) is 15. The van der Waals surface area contributed by atoms with Crippen molar-refractivity contribution in [1.82, 2.24) is 20.9 Å². The first-order chi connectivity index (χ1) is 45.2. The molecule has 0 spiro atoms. The highest BCUT2D eigenvalue weighted by molar-refractivity contribution is 6.17. The number of nitrogens with zero attached hydrogens (tertiary/aromatic N) is 1. The summed E-state index contributed by atoms with van der Waals surface area (Å²) in [5, 5.41) is 64.0. The Kier molecular flexibility index (Phi) is 19.4. The molecule has 4 aromatic rings. The molecule has 0 aromatic heterocycles. The molecular weight excluding hydrogens is 1170 g/mol. The van der Waals surface area contributed by atoms with Crippen LogP contribution < -0.4 is 45.0 Å². The number of carbonyl (C=O) groups excluding carboxylic acids is 2. The highest BCUT2D eigenvalue weighted by Gasteiger charge is 2.61. The number of anilines is 1. The lowest BCUT2D eigenvalue weighted by Crippen LogP contribution is -2.65. The minimum absolute atomic E-state index is 0.0243. The van der Waals surface area contributed by atoms with Crippen molar-refractivity contribution in [3.05, 3.63) is 105 Å². The van der Waals surface area contributed by atoms with E-state index in [4.69, 9.17) is 23.7 Å². The molecule has 5 aliphatic carbocycles. The van der Waals surface area contributed by atoms with E-state index < -0.39 is 40.8 Å². The molecule has 502 valence electrons. The van der Waals surface area contributed by atoms with Crippen LogP contribution in [0.15, 0.2) is 66.3 Å². The molecule has 93 heavy (non-hydrogen) atoms. The molecule has 16 nitrogen and oxygen atoms in total. The number of fused-ring (bicyclic) bond motifs is 6. The van der Waals surface area contributed by atoms with Crippen molar-refractivity contribution in [2.24, 2.45) is 35.5 Å². The zero-order chi connectivity index (χ0) is 64.8. The van der Waals surface area contributed by atoms with Crippen molar-refractivity contribution in [3.63, 3.8) is 0 Å². The number of allylic oxidation sites excluding steroid dienone is 1. The van der Waals surface area contributed by atoms with Gasteiger partial charge in [0.1, 0.15) is 23.9 Å². The summed E-state index contributed by atoms with van der Waals surface area (Å²) in [6.07, 6.45) is 24.1. The number of rotatable bonds is 25. The number of ether oxygens (including phenoxy) is 5. The molecule has 11 atom stereocenters. The first-order valence-corrected chi connectivity index (χ1v) is 35.8. The van der Waals surface area contributed by atoms with Crippen molar-refractivity contribution in [1.29, 1.82) is 0 Å². The van der Waals surface area contributed by atoms with E-state index >= 15 is 0 Å². The molecule has 1 saturated heterocycles. The third kappa shape index (κ3) is 11.8. The third-order valence-corrected chi connectivity index (χ3v) is 23.6. The van der Waals surface area contributed by atoms with Gasteiger partial charge in [0.05, 0.1) is 44.1 Å². The van der Waals surface area contributed by atoms with E-state index in [1.165, 1.54) is 45.3 Å². The van der Waals surface area contributed by atoms with Crippen LogP contribution in [0.1, 0.15) is 207 Å². The number of unbranched alkanes of at least 4 members (excludes halogenated alkanes) is 3. The van der Waals surface area contributed by atoms with Gasteiger partial charge in [0.15, 0.2) is 23.5 Å². The van der Waals surface area contributed by atoms with Gasteiger partial charge in [0.2, 0.25) is 5.75 Å². The van der Waals surface area contributed by atoms with Crippen LogP contribution in [0.4, 0.5) is 5.69 Å². The Morgan fingerprint density at radius 2 is 1.65 bits per heavy atom. The molecule has 8 N–H and O–H groups in total. The Balaban J connectivity index is 0.831. The van der Waals surface area contributed by atoms with Crippen LogP contribution in [0.2, 0.25) is 0 Å². The van der Waals surface area contributed by atoms with Gasteiger partial charge in [-0.3, -0.25) is 19.8 Å². The fraction of sp³-hybridized carbons (Fsp3) is 0.610. The number of amides is 2. The Hall–Kier alpha value is -6.14. The molecule has 4 aromatic carbocycles. The topological polar surface area (TPSA) is 213 Å². The van der Waals surface area contributed by atoms with E-state index in [1.807, 2.05) is 12.1 Å². The Morgan fingerprint density at radius 1 is 0.839 bits per heavy atom. The van der Waals surface area contributed by atoms with Crippen LogP contribution >= 0.6 is 0 Å². The molecule has 3 saturated carbocycles. The molecule has 11 unspecified atom stereocenters. The maximum atomic E-state index is 14.5. The summed E-state index contributed by atoms with van der Waals surface area (Å²) in [6, 6.07) is 16.2. The normalized spacial score (nSPS) is 28.4. The second-order valence-corrected chi connectivity index (χ2v) is 29.4. The van der Waals surface area contributed by atoms with Crippen LogP contribution in [0.3, 0.4) is 0 Å². The lowest BCUT2D eigenvalue weighted by Gasteiger charge is -2.60. The smallest absolute Gasteiger partial charge is 0.258 e.